The summed E-state index contributed by atoms with van der Waals surface area (Å²) in [7, 11) is 0. The van der Waals surface area contributed by atoms with Crippen LogP contribution >= 0.6 is 11.8 Å². The molecule has 1 saturated carbocycles. The number of hydrogen-bond acceptors (Lipinski definition) is 2. The minimum absolute atomic E-state index is 0.0269. The molecule has 1 nitrogen and oxygen atoms in total. The predicted octanol–water partition coefficient (Wildman–Crippen LogP) is 1.26. The van der Waals surface area contributed by atoms with Crippen molar-refractivity contribution in [3.8, 4) is 0 Å². The summed E-state index contributed by atoms with van der Waals surface area (Å²) in [6, 6.07) is 0. The largest absolute Gasteiger partial charge is 0.393 e. The number of hydrogen-bond donors (Lipinski definition) is 1. The fraction of sp³-hybridized carbons (Fsp3) is 1.00. The van der Waals surface area contributed by atoms with Gasteiger partial charge in [0.15, 0.2) is 0 Å². The molecule has 0 heterocycles. The van der Waals surface area contributed by atoms with Gasteiger partial charge in [0.25, 0.3) is 0 Å². The molecule has 0 aromatic carbocycles. The van der Waals surface area contributed by atoms with E-state index in [2.05, 4.69) is 6.92 Å². The van der Waals surface area contributed by atoms with Crippen LogP contribution in [0.15, 0.2) is 0 Å². The predicted molar refractivity (Wildman–Crippen MR) is 37.2 cm³/mol. The highest BCUT2D eigenvalue weighted by atomic mass is 32.2. The molecule has 48 valence electrons. The quantitative estimate of drug-likeness (QED) is 0.610. The maximum atomic E-state index is 8.83. The van der Waals surface area contributed by atoms with Crippen molar-refractivity contribution in [2.45, 2.75) is 31.1 Å². The summed E-state index contributed by atoms with van der Waals surface area (Å²) >= 11 is 1.96. The Bertz CT molecular complexity index is 66.2. The first-order valence-corrected chi connectivity index (χ1v) is 4.17. The molecule has 1 rings (SSSR count). The summed E-state index contributed by atoms with van der Waals surface area (Å²) < 4.78 is 0. The molecule has 8 heavy (non-hydrogen) atoms. The molecule has 0 aromatic rings. The zero-order chi connectivity index (χ0) is 5.98. The summed E-state index contributed by atoms with van der Waals surface area (Å²) in [5, 5.41) is 9.60. The van der Waals surface area contributed by atoms with Gasteiger partial charge in [0.2, 0.25) is 0 Å². The number of aliphatic hydroxyl groups excluding tert-OH is 1. The second-order valence-corrected chi connectivity index (χ2v) is 3.78. The van der Waals surface area contributed by atoms with E-state index >= 15 is 0 Å². The summed E-state index contributed by atoms with van der Waals surface area (Å²) in [6.07, 6.45) is 2.08. The Morgan fingerprint density at radius 2 is 2.25 bits per heavy atom. The third-order valence-corrected chi connectivity index (χ3v) is 2.66. The van der Waals surface area contributed by atoms with Gasteiger partial charge in [-0.3, -0.25) is 0 Å². The molecule has 1 aliphatic rings. The first-order valence-electron chi connectivity index (χ1n) is 3.12. The van der Waals surface area contributed by atoms with Crippen LogP contribution < -0.4 is 0 Å². The zero-order valence-electron chi connectivity index (χ0n) is 5.13. The third-order valence-electron chi connectivity index (χ3n) is 1.47. The van der Waals surface area contributed by atoms with E-state index in [-0.39, 0.29) is 6.10 Å². The fourth-order valence-electron chi connectivity index (χ4n) is 0.910. The van der Waals surface area contributed by atoms with Gasteiger partial charge in [0.1, 0.15) is 0 Å². The highest BCUT2D eigenvalue weighted by molar-refractivity contribution is 7.99. The van der Waals surface area contributed by atoms with E-state index in [0.29, 0.717) is 0 Å². The standard InChI is InChI=1S/C6H12OS/c1-2-8-6-3-5(7)4-6/h5-7H,2-4H2,1H3. The van der Waals surface area contributed by atoms with Gasteiger partial charge in [-0.05, 0) is 18.6 Å². The molecule has 0 bridgehead atoms. The van der Waals surface area contributed by atoms with Crippen LogP contribution in [0.5, 0.6) is 0 Å². The van der Waals surface area contributed by atoms with Gasteiger partial charge in [0.05, 0.1) is 6.10 Å². The molecule has 0 unspecified atom stereocenters. The second-order valence-electron chi connectivity index (χ2n) is 2.20. The normalized spacial score (nSPS) is 36.8. The van der Waals surface area contributed by atoms with E-state index in [1.807, 2.05) is 11.8 Å². The molecular formula is C6H12OS. The lowest BCUT2D eigenvalue weighted by atomic mass is 9.96. The lowest BCUT2D eigenvalue weighted by molar-refractivity contribution is 0.101. The summed E-state index contributed by atoms with van der Waals surface area (Å²) in [5.74, 6) is 1.19. The smallest absolute Gasteiger partial charge is 0.0561 e. The molecule has 1 fully saturated rings. The minimum Gasteiger partial charge on any atom is -0.393 e. The molecule has 0 atom stereocenters. The Hall–Kier alpha value is 0.310. The Kier molecular flexibility index (Phi) is 2.20. The molecular weight excluding hydrogens is 120 g/mol. The van der Waals surface area contributed by atoms with Gasteiger partial charge in [-0.15, -0.1) is 0 Å². The summed E-state index contributed by atoms with van der Waals surface area (Å²) in [4.78, 5) is 0. The Balaban J connectivity index is 1.98. The second kappa shape index (κ2) is 2.74. The molecule has 2 heteroatoms. The monoisotopic (exact) mass is 132 g/mol. The van der Waals surface area contributed by atoms with E-state index in [0.717, 1.165) is 18.1 Å². The topological polar surface area (TPSA) is 20.2 Å². The van der Waals surface area contributed by atoms with Crippen LogP contribution in [0.25, 0.3) is 0 Å². The number of thioether (sulfide) groups is 1. The van der Waals surface area contributed by atoms with Gasteiger partial charge >= 0.3 is 0 Å². The molecule has 0 amide bonds. The molecule has 0 radical (unpaired) electrons. The number of rotatable bonds is 2. The average Bonchev–Trinajstić information content (AvgIpc) is 1.64. The van der Waals surface area contributed by atoms with Crippen LogP contribution in [0.1, 0.15) is 19.8 Å². The van der Waals surface area contributed by atoms with Crippen LogP contribution in [0.3, 0.4) is 0 Å². The Morgan fingerprint density at radius 1 is 1.62 bits per heavy atom. The molecule has 0 spiro atoms. The maximum absolute atomic E-state index is 8.83. The van der Waals surface area contributed by atoms with E-state index in [9.17, 15) is 0 Å². The van der Waals surface area contributed by atoms with Crippen LogP contribution in [-0.4, -0.2) is 22.2 Å². The molecule has 1 N–H and O–H groups in total. The van der Waals surface area contributed by atoms with Crippen molar-refractivity contribution in [1.29, 1.82) is 0 Å². The summed E-state index contributed by atoms with van der Waals surface area (Å²) in [5.41, 5.74) is 0. The van der Waals surface area contributed by atoms with Crippen LogP contribution in [0, 0.1) is 0 Å². The van der Waals surface area contributed by atoms with Crippen molar-refractivity contribution in [3.63, 3.8) is 0 Å². The Morgan fingerprint density at radius 3 is 2.62 bits per heavy atom. The van der Waals surface area contributed by atoms with E-state index in [1.165, 1.54) is 5.75 Å². The van der Waals surface area contributed by atoms with Crippen molar-refractivity contribution in [2.75, 3.05) is 5.75 Å². The average molecular weight is 132 g/mol. The van der Waals surface area contributed by atoms with Crippen molar-refractivity contribution in [3.05, 3.63) is 0 Å². The maximum Gasteiger partial charge on any atom is 0.0561 e. The van der Waals surface area contributed by atoms with Crippen molar-refractivity contribution < 1.29 is 5.11 Å². The van der Waals surface area contributed by atoms with Crippen molar-refractivity contribution in [1.82, 2.24) is 0 Å². The molecule has 1 aliphatic carbocycles. The van der Waals surface area contributed by atoms with Gasteiger partial charge in [-0.1, -0.05) is 6.92 Å². The van der Waals surface area contributed by atoms with Crippen molar-refractivity contribution >= 4 is 11.8 Å². The van der Waals surface area contributed by atoms with Gasteiger partial charge in [0, 0.05) is 5.25 Å². The zero-order valence-corrected chi connectivity index (χ0v) is 5.95. The summed E-state index contributed by atoms with van der Waals surface area (Å²) in [6.45, 7) is 2.16. The molecule has 0 aromatic heterocycles. The van der Waals surface area contributed by atoms with E-state index in [1.54, 1.807) is 0 Å². The highest BCUT2D eigenvalue weighted by Crippen LogP contribution is 2.31. The lowest BCUT2D eigenvalue weighted by Crippen LogP contribution is -2.30. The van der Waals surface area contributed by atoms with Crippen molar-refractivity contribution in [2.24, 2.45) is 0 Å². The van der Waals surface area contributed by atoms with E-state index in [4.69, 9.17) is 5.11 Å². The molecule has 0 aliphatic heterocycles. The SMILES string of the molecule is CCSC1CC(O)C1. The van der Waals surface area contributed by atoms with Gasteiger partial charge in [-0.2, -0.15) is 11.8 Å². The molecule has 0 saturated heterocycles. The fourth-order valence-corrected chi connectivity index (χ4v) is 2.10. The number of aliphatic hydroxyl groups is 1. The van der Waals surface area contributed by atoms with Crippen LogP contribution in [0.2, 0.25) is 0 Å². The first kappa shape index (κ1) is 6.43. The third kappa shape index (κ3) is 1.39. The van der Waals surface area contributed by atoms with E-state index < -0.39 is 0 Å². The van der Waals surface area contributed by atoms with Gasteiger partial charge in [-0.25, -0.2) is 0 Å². The van der Waals surface area contributed by atoms with Crippen LogP contribution in [0.4, 0.5) is 0 Å². The Labute approximate surface area is 54.5 Å². The van der Waals surface area contributed by atoms with Gasteiger partial charge < -0.3 is 5.11 Å². The highest BCUT2D eigenvalue weighted by Gasteiger charge is 2.26. The first-order chi connectivity index (χ1) is 3.83. The van der Waals surface area contributed by atoms with Crippen LogP contribution in [-0.2, 0) is 0 Å². The minimum atomic E-state index is 0.0269. The lowest BCUT2D eigenvalue weighted by Gasteiger charge is -2.30.